The first-order valence-corrected chi connectivity index (χ1v) is 7.08. The molecule has 0 spiro atoms. The summed E-state index contributed by atoms with van der Waals surface area (Å²) in [7, 11) is 1.94. The smallest absolute Gasteiger partial charge is 0.259 e. The lowest BCUT2D eigenvalue weighted by molar-refractivity contribution is 0.102. The molecule has 0 radical (unpaired) electrons. The molecule has 21 heavy (non-hydrogen) atoms. The molecule has 0 bridgehead atoms. The number of nitrogens with one attached hydrogen (secondary N) is 2. The van der Waals surface area contributed by atoms with Gasteiger partial charge in [-0.1, -0.05) is 31.5 Å². The fourth-order valence-electron chi connectivity index (χ4n) is 2.53. The molecule has 0 fully saturated rings. The summed E-state index contributed by atoms with van der Waals surface area (Å²) in [5.41, 5.74) is 2.73. The summed E-state index contributed by atoms with van der Waals surface area (Å²) in [5, 5.41) is 10.9. The molecule has 0 unspecified atom stereocenters. The van der Waals surface area contributed by atoms with Crippen molar-refractivity contribution >= 4 is 22.6 Å². The van der Waals surface area contributed by atoms with E-state index in [1.807, 2.05) is 48.1 Å². The van der Waals surface area contributed by atoms with Crippen LogP contribution in [0.1, 0.15) is 29.4 Å². The normalized spacial score (nSPS) is 11.0. The summed E-state index contributed by atoms with van der Waals surface area (Å²) in [4.78, 5) is 12.4. The van der Waals surface area contributed by atoms with Crippen molar-refractivity contribution in [3.63, 3.8) is 0 Å². The number of aryl methyl sites for hydroxylation is 2. The van der Waals surface area contributed by atoms with Crippen LogP contribution in [0.15, 0.2) is 36.5 Å². The van der Waals surface area contributed by atoms with Gasteiger partial charge in [0.1, 0.15) is 0 Å². The number of hydrogen-bond acceptors (Lipinski definition) is 2. The zero-order chi connectivity index (χ0) is 14.8. The average Bonchev–Trinajstić information content (AvgIpc) is 3.05. The van der Waals surface area contributed by atoms with E-state index in [1.54, 1.807) is 0 Å². The minimum absolute atomic E-state index is 0.138. The highest BCUT2D eigenvalue weighted by Gasteiger charge is 2.14. The average molecular weight is 282 g/mol. The Morgan fingerprint density at radius 1 is 1.38 bits per heavy atom. The van der Waals surface area contributed by atoms with Crippen LogP contribution in [0.3, 0.4) is 0 Å². The molecule has 1 amide bonds. The quantitative estimate of drug-likeness (QED) is 0.772. The van der Waals surface area contributed by atoms with Gasteiger partial charge in [-0.2, -0.15) is 5.10 Å². The van der Waals surface area contributed by atoms with Gasteiger partial charge >= 0.3 is 0 Å². The van der Waals surface area contributed by atoms with Crippen molar-refractivity contribution in [2.75, 3.05) is 5.32 Å². The largest absolute Gasteiger partial charge is 0.350 e. The molecular formula is C16H18N4O. The molecule has 2 N–H and O–H groups in total. The van der Waals surface area contributed by atoms with E-state index in [2.05, 4.69) is 22.4 Å². The van der Waals surface area contributed by atoms with Crippen LogP contribution in [0.25, 0.3) is 10.9 Å². The third-order valence-electron chi connectivity index (χ3n) is 3.53. The van der Waals surface area contributed by atoms with Crippen LogP contribution in [-0.2, 0) is 13.5 Å². The van der Waals surface area contributed by atoms with E-state index in [0.717, 1.165) is 29.4 Å². The van der Waals surface area contributed by atoms with Gasteiger partial charge in [0.15, 0.2) is 5.82 Å². The molecule has 0 aliphatic heterocycles. The Balaban J connectivity index is 1.86. The van der Waals surface area contributed by atoms with Crippen LogP contribution >= 0.6 is 0 Å². The SMILES string of the molecule is CCCc1cc(NC(=O)c2cn(C)c3ccccc23)n[nH]1. The number of carbonyl (C=O) groups is 1. The molecule has 0 aliphatic carbocycles. The Morgan fingerprint density at radius 3 is 3.00 bits per heavy atom. The first kappa shape index (κ1) is 13.4. The highest BCUT2D eigenvalue weighted by atomic mass is 16.1. The van der Waals surface area contributed by atoms with E-state index in [-0.39, 0.29) is 5.91 Å². The second-order valence-electron chi connectivity index (χ2n) is 5.15. The van der Waals surface area contributed by atoms with Gasteiger partial charge in [0, 0.05) is 35.9 Å². The van der Waals surface area contributed by atoms with Gasteiger partial charge < -0.3 is 9.88 Å². The molecule has 5 nitrogen and oxygen atoms in total. The van der Waals surface area contributed by atoms with Crippen molar-refractivity contribution < 1.29 is 4.79 Å². The standard InChI is InChI=1S/C16H18N4O/c1-3-6-11-9-15(19-18-11)17-16(21)13-10-20(2)14-8-5-4-7-12(13)14/h4-5,7-10H,3,6H2,1-2H3,(H2,17,18,19,21). The lowest BCUT2D eigenvalue weighted by Crippen LogP contribution is -2.11. The van der Waals surface area contributed by atoms with Crippen molar-refractivity contribution in [3.05, 3.63) is 47.8 Å². The summed E-state index contributed by atoms with van der Waals surface area (Å²) in [6, 6.07) is 9.74. The number of carbonyl (C=O) groups excluding carboxylic acids is 1. The van der Waals surface area contributed by atoms with Crippen molar-refractivity contribution in [2.45, 2.75) is 19.8 Å². The van der Waals surface area contributed by atoms with Gasteiger partial charge in [0.2, 0.25) is 0 Å². The summed E-state index contributed by atoms with van der Waals surface area (Å²) in [6.07, 6.45) is 3.82. The predicted molar refractivity (Wildman–Crippen MR) is 83.5 cm³/mol. The van der Waals surface area contributed by atoms with E-state index in [4.69, 9.17) is 0 Å². The zero-order valence-electron chi connectivity index (χ0n) is 12.2. The molecule has 1 aromatic carbocycles. The number of rotatable bonds is 4. The topological polar surface area (TPSA) is 62.7 Å². The van der Waals surface area contributed by atoms with Gasteiger partial charge in [-0.25, -0.2) is 0 Å². The number of H-pyrrole nitrogens is 1. The molecular weight excluding hydrogens is 264 g/mol. The van der Waals surface area contributed by atoms with Gasteiger partial charge in [0.05, 0.1) is 5.56 Å². The van der Waals surface area contributed by atoms with E-state index in [9.17, 15) is 4.79 Å². The molecule has 2 heterocycles. The van der Waals surface area contributed by atoms with Crippen molar-refractivity contribution in [2.24, 2.45) is 7.05 Å². The maximum absolute atomic E-state index is 12.4. The number of para-hydroxylation sites is 1. The third-order valence-corrected chi connectivity index (χ3v) is 3.53. The molecule has 3 aromatic rings. The van der Waals surface area contributed by atoms with Crippen LogP contribution in [0.2, 0.25) is 0 Å². The maximum Gasteiger partial charge on any atom is 0.259 e. The second-order valence-corrected chi connectivity index (χ2v) is 5.15. The van der Waals surface area contributed by atoms with Crippen molar-refractivity contribution in [3.8, 4) is 0 Å². The van der Waals surface area contributed by atoms with Gasteiger partial charge in [-0.05, 0) is 12.5 Å². The number of amides is 1. The summed E-state index contributed by atoms with van der Waals surface area (Å²) in [6.45, 7) is 2.11. The van der Waals surface area contributed by atoms with Crippen LogP contribution < -0.4 is 5.32 Å². The Kier molecular flexibility index (Phi) is 3.48. The minimum atomic E-state index is -0.138. The van der Waals surface area contributed by atoms with Crippen molar-refractivity contribution in [1.82, 2.24) is 14.8 Å². The number of hydrogen-bond donors (Lipinski definition) is 2. The van der Waals surface area contributed by atoms with Gasteiger partial charge in [-0.3, -0.25) is 9.89 Å². The van der Waals surface area contributed by atoms with E-state index < -0.39 is 0 Å². The summed E-state index contributed by atoms with van der Waals surface area (Å²) < 4.78 is 1.96. The number of benzene rings is 1. The third kappa shape index (κ3) is 2.54. The van der Waals surface area contributed by atoms with Crippen LogP contribution in [0.4, 0.5) is 5.82 Å². The number of nitrogens with zero attached hydrogens (tertiary/aromatic N) is 2. The molecule has 2 aromatic heterocycles. The first-order chi connectivity index (χ1) is 10.2. The second kappa shape index (κ2) is 5.44. The number of anilines is 1. The summed E-state index contributed by atoms with van der Waals surface area (Å²) >= 11 is 0. The van der Waals surface area contributed by atoms with Crippen molar-refractivity contribution in [1.29, 1.82) is 0 Å². The molecule has 0 aliphatic rings. The predicted octanol–water partition coefficient (Wildman–Crippen LogP) is 3.11. The monoisotopic (exact) mass is 282 g/mol. The molecule has 108 valence electrons. The van der Waals surface area contributed by atoms with E-state index in [1.165, 1.54) is 0 Å². The lowest BCUT2D eigenvalue weighted by Gasteiger charge is -1.99. The Hall–Kier alpha value is -2.56. The zero-order valence-corrected chi connectivity index (χ0v) is 12.2. The summed E-state index contributed by atoms with van der Waals surface area (Å²) in [5.74, 6) is 0.428. The van der Waals surface area contributed by atoms with Crippen LogP contribution in [0.5, 0.6) is 0 Å². The number of aromatic amines is 1. The fraction of sp³-hybridized carbons (Fsp3) is 0.250. The molecule has 5 heteroatoms. The lowest BCUT2D eigenvalue weighted by atomic mass is 10.1. The maximum atomic E-state index is 12.4. The van der Waals surface area contributed by atoms with Crippen LogP contribution in [-0.4, -0.2) is 20.7 Å². The fourth-order valence-corrected chi connectivity index (χ4v) is 2.53. The minimum Gasteiger partial charge on any atom is -0.350 e. The Morgan fingerprint density at radius 2 is 2.19 bits per heavy atom. The van der Waals surface area contributed by atoms with Crippen LogP contribution in [0, 0.1) is 0 Å². The molecule has 3 rings (SSSR count). The van der Waals surface area contributed by atoms with Gasteiger partial charge in [-0.15, -0.1) is 0 Å². The molecule has 0 saturated heterocycles. The first-order valence-electron chi connectivity index (χ1n) is 7.08. The highest BCUT2D eigenvalue weighted by molar-refractivity contribution is 6.12. The Bertz CT molecular complexity index is 785. The van der Waals surface area contributed by atoms with Gasteiger partial charge in [0.25, 0.3) is 5.91 Å². The van der Waals surface area contributed by atoms with E-state index in [0.29, 0.717) is 11.4 Å². The molecule has 0 saturated carbocycles. The molecule has 0 atom stereocenters. The number of aromatic nitrogens is 3. The Labute approximate surface area is 123 Å². The number of fused-ring (bicyclic) bond motifs is 1. The highest BCUT2D eigenvalue weighted by Crippen LogP contribution is 2.21. The van der Waals surface area contributed by atoms with E-state index >= 15 is 0 Å².